The SMILES string of the molecule is CC(C)CC(O)(c1ccc(Cl)c(Cl)c1)c1ccccn1. The number of aromatic nitrogens is 1. The van der Waals surface area contributed by atoms with E-state index in [2.05, 4.69) is 18.8 Å². The normalized spacial score (nSPS) is 14.3. The Morgan fingerprint density at radius 2 is 1.90 bits per heavy atom. The van der Waals surface area contributed by atoms with Crippen molar-refractivity contribution in [2.24, 2.45) is 5.92 Å². The molecule has 1 atom stereocenters. The van der Waals surface area contributed by atoms with Gasteiger partial charge in [-0.15, -0.1) is 0 Å². The Kier molecular flexibility index (Phi) is 4.69. The molecule has 2 nitrogen and oxygen atoms in total. The first kappa shape index (κ1) is 15.3. The third-order valence-corrected chi connectivity index (χ3v) is 3.93. The first-order valence-electron chi connectivity index (χ1n) is 6.53. The predicted molar refractivity (Wildman–Crippen MR) is 83.2 cm³/mol. The van der Waals surface area contributed by atoms with E-state index in [-0.39, 0.29) is 0 Å². The second-order valence-electron chi connectivity index (χ2n) is 5.30. The lowest BCUT2D eigenvalue weighted by atomic mass is 9.83. The van der Waals surface area contributed by atoms with Crippen molar-refractivity contribution in [1.29, 1.82) is 0 Å². The van der Waals surface area contributed by atoms with E-state index in [1.165, 1.54) is 0 Å². The Labute approximate surface area is 129 Å². The van der Waals surface area contributed by atoms with Crippen molar-refractivity contribution in [3.8, 4) is 0 Å². The molecule has 1 N–H and O–H groups in total. The molecule has 20 heavy (non-hydrogen) atoms. The molecule has 2 rings (SSSR count). The van der Waals surface area contributed by atoms with Crippen molar-refractivity contribution < 1.29 is 5.11 Å². The molecule has 0 amide bonds. The van der Waals surface area contributed by atoms with Crippen LogP contribution in [-0.4, -0.2) is 10.1 Å². The van der Waals surface area contributed by atoms with Gasteiger partial charge in [-0.25, -0.2) is 0 Å². The number of aliphatic hydroxyl groups is 1. The van der Waals surface area contributed by atoms with E-state index in [1.54, 1.807) is 24.4 Å². The van der Waals surface area contributed by atoms with Crippen LogP contribution < -0.4 is 0 Å². The first-order valence-corrected chi connectivity index (χ1v) is 7.28. The molecule has 0 radical (unpaired) electrons. The molecule has 0 aliphatic rings. The largest absolute Gasteiger partial charge is 0.379 e. The molecule has 1 heterocycles. The number of hydrogen-bond acceptors (Lipinski definition) is 2. The Bertz CT molecular complexity index is 586. The van der Waals surface area contributed by atoms with Gasteiger partial charge in [0.2, 0.25) is 0 Å². The van der Waals surface area contributed by atoms with Crippen LogP contribution in [0.15, 0.2) is 42.6 Å². The summed E-state index contributed by atoms with van der Waals surface area (Å²) in [6.45, 7) is 4.12. The Morgan fingerprint density at radius 3 is 2.45 bits per heavy atom. The van der Waals surface area contributed by atoms with Crippen molar-refractivity contribution in [3.63, 3.8) is 0 Å². The van der Waals surface area contributed by atoms with E-state index in [4.69, 9.17) is 23.2 Å². The molecule has 0 aliphatic heterocycles. The maximum atomic E-state index is 11.2. The average Bonchev–Trinajstić information content (AvgIpc) is 2.42. The number of pyridine rings is 1. The average molecular weight is 310 g/mol. The summed E-state index contributed by atoms with van der Waals surface area (Å²) in [6, 6.07) is 10.7. The van der Waals surface area contributed by atoms with Crippen LogP contribution in [0.4, 0.5) is 0 Å². The van der Waals surface area contributed by atoms with Gasteiger partial charge in [-0.1, -0.05) is 49.2 Å². The number of benzene rings is 1. The van der Waals surface area contributed by atoms with Gasteiger partial charge in [-0.3, -0.25) is 4.98 Å². The highest BCUT2D eigenvalue weighted by atomic mass is 35.5. The summed E-state index contributed by atoms with van der Waals surface area (Å²) in [6.07, 6.45) is 2.24. The van der Waals surface area contributed by atoms with Crippen LogP contribution >= 0.6 is 23.2 Å². The van der Waals surface area contributed by atoms with Gasteiger partial charge in [0, 0.05) is 6.20 Å². The molecule has 0 fully saturated rings. The zero-order chi connectivity index (χ0) is 14.8. The summed E-state index contributed by atoms with van der Waals surface area (Å²) in [4.78, 5) is 4.31. The fraction of sp³-hybridized carbons (Fsp3) is 0.312. The summed E-state index contributed by atoms with van der Waals surface area (Å²) in [5, 5.41) is 12.1. The van der Waals surface area contributed by atoms with Crippen LogP contribution in [0.2, 0.25) is 10.0 Å². The van der Waals surface area contributed by atoms with Gasteiger partial charge < -0.3 is 5.11 Å². The zero-order valence-electron chi connectivity index (χ0n) is 11.5. The fourth-order valence-electron chi connectivity index (χ4n) is 2.32. The van der Waals surface area contributed by atoms with Crippen LogP contribution in [0.5, 0.6) is 0 Å². The lowest BCUT2D eigenvalue weighted by Crippen LogP contribution is -2.30. The molecule has 0 aliphatic carbocycles. The van der Waals surface area contributed by atoms with E-state index in [0.717, 1.165) is 0 Å². The van der Waals surface area contributed by atoms with E-state index >= 15 is 0 Å². The summed E-state index contributed by atoms with van der Waals surface area (Å²) in [5.41, 5.74) is 0.162. The number of rotatable bonds is 4. The topological polar surface area (TPSA) is 33.1 Å². The van der Waals surface area contributed by atoms with Crippen LogP contribution in [0.1, 0.15) is 31.5 Å². The summed E-state index contributed by atoms with van der Waals surface area (Å²) < 4.78 is 0. The molecule has 0 spiro atoms. The van der Waals surface area contributed by atoms with Crippen LogP contribution in [0, 0.1) is 5.92 Å². The highest BCUT2D eigenvalue weighted by Crippen LogP contribution is 2.37. The van der Waals surface area contributed by atoms with E-state index in [1.807, 2.05) is 18.2 Å². The fourth-order valence-corrected chi connectivity index (χ4v) is 2.62. The van der Waals surface area contributed by atoms with E-state index in [9.17, 15) is 5.11 Å². The van der Waals surface area contributed by atoms with Crippen molar-refractivity contribution >= 4 is 23.2 Å². The van der Waals surface area contributed by atoms with Gasteiger partial charge in [0.15, 0.2) is 0 Å². The molecular weight excluding hydrogens is 293 g/mol. The molecule has 1 aromatic carbocycles. The summed E-state index contributed by atoms with van der Waals surface area (Å²) in [5.74, 6) is 0.302. The minimum Gasteiger partial charge on any atom is -0.379 e. The van der Waals surface area contributed by atoms with Gasteiger partial charge in [-0.05, 0) is 42.2 Å². The lowest BCUT2D eigenvalue weighted by molar-refractivity contribution is 0.0531. The van der Waals surface area contributed by atoms with Gasteiger partial charge >= 0.3 is 0 Å². The first-order chi connectivity index (χ1) is 9.43. The van der Waals surface area contributed by atoms with Gasteiger partial charge in [0.25, 0.3) is 0 Å². The Hall–Kier alpha value is -1.09. The molecule has 0 saturated carbocycles. The number of halogens is 2. The maximum Gasteiger partial charge on any atom is 0.132 e. The van der Waals surface area contributed by atoms with Crippen LogP contribution in [0.3, 0.4) is 0 Å². The second kappa shape index (κ2) is 6.13. The monoisotopic (exact) mass is 309 g/mol. The molecule has 0 bridgehead atoms. The number of nitrogens with zero attached hydrogens (tertiary/aromatic N) is 1. The third kappa shape index (κ3) is 3.14. The Balaban J connectivity index is 2.54. The van der Waals surface area contributed by atoms with Gasteiger partial charge in [0.1, 0.15) is 5.60 Å². The minimum absolute atomic E-state index is 0.302. The van der Waals surface area contributed by atoms with Gasteiger partial charge in [-0.2, -0.15) is 0 Å². The highest BCUT2D eigenvalue weighted by Gasteiger charge is 2.34. The van der Waals surface area contributed by atoms with Crippen molar-refractivity contribution in [2.75, 3.05) is 0 Å². The molecule has 1 aromatic heterocycles. The van der Waals surface area contributed by atoms with E-state index in [0.29, 0.717) is 33.6 Å². The summed E-state index contributed by atoms with van der Waals surface area (Å²) in [7, 11) is 0. The van der Waals surface area contributed by atoms with Gasteiger partial charge in [0.05, 0.1) is 15.7 Å². The Morgan fingerprint density at radius 1 is 1.15 bits per heavy atom. The van der Waals surface area contributed by atoms with Crippen LogP contribution in [-0.2, 0) is 5.60 Å². The third-order valence-electron chi connectivity index (χ3n) is 3.19. The smallest absolute Gasteiger partial charge is 0.132 e. The van der Waals surface area contributed by atoms with Crippen molar-refractivity contribution in [2.45, 2.75) is 25.9 Å². The molecule has 106 valence electrons. The molecule has 1 unspecified atom stereocenters. The highest BCUT2D eigenvalue weighted by molar-refractivity contribution is 6.42. The van der Waals surface area contributed by atoms with Crippen molar-refractivity contribution in [3.05, 3.63) is 63.9 Å². The molecule has 4 heteroatoms. The zero-order valence-corrected chi connectivity index (χ0v) is 13.0. The minimum atomic E-state index is -1.16. The van der Waals surface area contributed by atoms with Crippen molar-refractivity contribution in [1.82, 2.24) is 4.98 Å². The lowest BCUT2D eigenvalue weighted by Gasteiger charge is -2.30. The molecular formula is C16H17Cl2NO. The maximum absolute atomic E-state index is 11.2. The second-order valence-corrected chi connectivity index (χ2v) is 6.12. The van der Waals surface area contributed by atoms with E-state index < -0.39 is 5.60 Å². The van der Waals surface area contributed by atoms with Crippen LogP contribution in [0.25, 0.3) is 0 Å². The summed E-state index contributed by atoms with van der Waals surface area (Å²) >= 11 is 12.0. The quantitative estimate of drug-likeness (QED) is 0.890. The molecule has 2 aromatic rings. The predicted octanol–water partition coefficient (Wildman–Crippen LogP) is 4.67. The standard InChI is InChI=1S/C16H17Cl2NO/c1-11(2)10-16(20,15-5-3-4-8-19-15)12-6-7-13(17)14(18)9-12/h3-9,11,20H,10H2,1-2H3. The number of hydrogen-bond donors (Lipinski definition) is 1. The molecule has 0 saturated heterocycles.